The van der Waals surface area contributed by atoms with Crippen LogP contribution in [0.15, 0.2) is 24.3 Å². The van der Waals surface area contributed by atoms with Gasteiger partial charge in [-0.2, -0.15) is 0 Å². The molecule has 1 rings (SSSR count). The molecule has 0 aliphatic heterocycles. The van der Waals surface area contributed by atoms with Crippen LogP contribution in [0.3, 0.4) is 0 Å². The fourth-order valence-electron chi connectivity index (χ4n) is 1.78. The van der Waals surface area contributed by atoms with Crippen LogP contribution in [-0.4, -0.2) is 32.9 Å². The third-order valence-electron chi connectivity index (χ3n) is 3.08. The first-order chi connectivity index (χ1) is 9.28. The fourth-order valence-corrected chi connectivity index (χ4v) is 2.34. The lowest BCUT2D eigenvalue weighted by Crippen LogP contribution is -2.27. The monoisotopic (exact) mass is 297 g/mol. The van der Waals surface area contributed by atoms with E-state index in [9.17, 15) is 13.2 Å². The summed E-state index contributed by atoms with van der Waals surface area (Å²) < 4.78 is 21.9. The smallest absolute Gasteiger partial charge is 0.221 e. The first-order valence-electron chi connectivity index (χ1n) is 6.81. The molecule has 1 aromatic carbocycles. The SMILES string of the molecule is CC(C)c1ccc(CCNC(=O)CCS(C)(=O)=O)cc1. The van der Waals surface area contributed by atoms with E-state index in [0.29, 0.717) is 12.5 Å². The Kier molecular flexibility index (Phi) is 6.20. The minimum atomic E-state index is -3.07. The second-order valence-electron chi connectivity index (χ2n) is 5.38. The molecule has 0 unspecified atom stereocenters. The average Bonchev–Trinajstić information content (AvgIpc) is 2.36. The van der Waals surface area contributed by atoms with E-state index < -0.39 is 9.84 Å². The van der Waals surface area contributed by atoms with E-state index >= 15 is 0 Å². The van der Waals surface area contributed by atoms with E-state index in [2.05, 4.69) is 43.4 Å². The molecule has 112 valence electrons. The Morgan fingerprint density at radius 2 is 1.80 bits per heavy atom. The Bertz CT molecular complexity index is 533. The number of rotatable bonds is 7. The normalized spacial score (nSPS) is 11.6. The summed E-state index contributed by atoms with van der Waals surface area (Å²) >= 11 is 0. The van der Waals surface area contributed by atoms with Gasteiger partial charge in [-0.05, 0) is 23.5 Å². The summed E-state index contributed by atoms with van der Waals surface area (Å²) in [6.07, 6.45) is 1.92. The average molecular weight is 297 g/mol. The van der Waals surface area contributed by atoms with E-state index in [-0.39, 0.29) is 18.1 Å². The van der Waals surface area contributed by atoms with Crippen LogP contribution >= 0.6 is 0 Å². The maximum atomic E-state index is 11.4. The molecule has 1 aromatic rings. The van der Waals surface area contributed by atoms with Gasteiger partial charge in [-0.1, -0.05) is 38.1 Å². The molecular formula is C15H23NO3S. The molecule has 0 aliphatic carbocycles. The topological polar surface area (TPSA) is 63.2 Å². The molecule has 0 heterocycles. The maximum absolute atomic E-state index is 11.4. The minimum Gasteiger partial charge on any atom is -0.356 e. The second-order valence-corrected chi connectivity index (χ2v) is 7.64. The van der Waals surface area contributed by atoms with Crippen molar-refractivity contribution in [3.8, 4) is 0 Å². The summed E-state index contributed by atoms with van der Waals surface area (Å²) in [5.41, 5.74) is 2.46. The van der Waals surface area contributed by atoms with Crippen molar-refractivity contribution in [1.29, 1.82) is 0 Å². The molecule has 0 atom stereocenters. The summed E-state index contributed by atoms with van der Waals surface area (Å²) in [6.45, 7) is 4.83. The third-order valence-corrected chi connectivity index (χ3v) is 4.03. The van der Waals surface area contributed by atoms with Crippen LogP contribution in [-0.2, 0) is 21.1 Å². The van der Waals surface area contributed by atoms with Gasteiger partial charge in [-0.25, -0.2) is 8.42 Å². The quantitative estimate of drug-likeness (QED) is 0.836. The van der Waals surface area contributed by atoms with Crippen molar-refractivity contribution in [3.63, 3.8) is 0 Å². The van der Waals surface area contributed by atoms with Crippen molar-refractivity contribution in [2.24, 2.45) is 0 Å². The zero-order valence-corrected chi connectivity index (χ0v) is 13.2. The predicted molar refractivity (Wildman–Crippen MR) is 81.6 cm³/mol. The summed E-state index contributed by atoms with van der Waals surface area (Å²) in [5, 5.41) is 2.74. The highest BCUT2D eigenvalue weighted by molar-refractivity contribution is 7.90. The lowest BCUT2D eigenvalue weighted by Gasteiger charge is -2.08. The molecule has 0 saturated heterocycles. The highest BCUT2D eigenvalue weighted by atomic mass is 32.2. The van der Waals surface area contributed by atoms with Gasteiger partial charge in [0.25, 0.3) is 0 Å². The first kappa shape index (κ1) is 16.7. The van der Waals surface area contributed by atoms with Gasteiger partial charge in [0.1, 0.15) is 9.84 Å². The molecule has 0 bridgehead atoms. The molecule has 0 fully saturated rings. The number of carbonyl (C=O) groups excluding carboxylic acids is 1. The Labute approximate surface area is 121 Å². The third kappa shape index (κ3) is 6.70. The van der Waals surface area contributed by atoms with Crippen LogP contribution in [0.4, 0.5) is 0 Å². The van der Waals surface area contributed by atoms with Crippen molar-refractivity contribution < 1.29 is 13.2 Å². The van der Waals surface area contributed by atoms with E-state index in [1.807, 2.05) is 0 Å². The van der Waals surface area contributed by atoms with Crippen LogP contribution in [0.5, 0.6) is 0 Å². The van der Waals surface area contributed by atoms with Gasteiger partial charge in [-0.3, -0.25) is 4.79 Å². The van der Waals surface area contributed by atoms with Gasteiger partial charge in [0.05, 0.1) is 5.75 Å². The number of hydrogen-bond donors (Lipinski definition) is 1. The van der Waals surface area contributed by atoms with Crippen LogP contribution in [0, 0.1) is 0 Å². The van der Waals surface area contributed by atoms with Gasteiger partial charge >= 0.3 is 0 Å². The van der Waals surface area contributed by atoms with Crippen molar-refractivity contribution in [2.75, 3.05) is 18.6 Å². The van der Waals surface area contributed by atoms with Crippen LogP contribution in [0.1, 0.15) is 37.3 Å². The largest absolute Gasteiger partial charge is 0.356 e. The summed E-state index contributed by atoms with van der Waals surface area (Å²) in [4.78, 5) is 11.4. The Balaban J connectivity index is 2.32. The predicted octanol–water partition coefficient (Wildman–Crippen LogP) is 1.90. The number of carbonyl (C=O) groups is 1. The van der Waals surface area contributed by atoms with Gasteiger partial charge in [0.15, 0.2) is 0 Å². The zero-order valence-electron chi connectivity index (χ0n) is 12.3. The highest BCUT2D eigenvalue weighted by Gasteiger charge is 2.07. The molecule has 0 saturated carbocycles. The Morgan fingerprint density at radius 1 is 1.20 bits per heavy atom. The standard InChI is InChI=1S/C15H23NO3S/c1-12(2)14-6-4-13(5-7-14)8-10-16-15(17)9-11-20(3,18)19/h4-7,12H,8-11H2,1-3H3,(H,16,17). The van der Waals surface area contributed by atoms with Crippen molar-refractivity contribution >= 4 is 15.7 Å². The number of benzene rings is 1. The molecule has 0 radical (unpaired) electrons. The van der Waals surface area contributed by atoms with E-state index in [0.717, 1.165) is 18.2 Å². The molecule has 1 amide bonds. The van der Waals surface area contributed by atoms with Gasteiger partial charge < -0.3 is 5.32 Å². The van der Waals surface area contributed by atoms with Crippen molar-refractivity contribution in [2.45, 2.75) is 32.6 Å². The maximum Gasteiger partial charge on any atom is 0.221 e. The summed E-state index contributed by atoms with van der Waals surface area (Å²) in [6, 6.07) is 8.34. The number of hydrogen-bond acceptors (Lipinski definition) is 3. The van der Waals surface area contributed by atoms with Gasteiger partial charge in [0.2, 0.25) is 5.91 Å². The molecule has 0 aliphatic rings. The van der Waals surface area contributed by atoms with Gasteiger partial charge in [-0.15, -0.1) is 0 Å². The summed E-state index contributed by atoms with van der Waals surface area (Å²) in [7, 11) is -3.07. The molecule has 1 N–H and O–H groups in total. The number of nitrogens with one attached hydrogen (secondary N) is 1. The minimum absolute atomic E-state index is 0.0329. The fraction of sp³-hybridized carbons (Fsp3) is 0.533. The molecule has 4 nitrogen and oxygen atoms in total. The van der Waals surface area contributed by atoms with Crippen molar-refractivity contribution in [3.05, 3.63) is 35.4 Å². The zero-order chi connectivity index (χ0) is 15.2. The number of sulfone groups is 1. The second kappa shape index (κ2) is 7.43. The van der Waals surface area contributed by atoms with E-state index in [1.165, 1.54) is 5.56 Å². The molecule has 5 heteroatoms. The molecule has 0 spiro atoms. The molecule has 20 heavy (non-hydrogen) atoms. The first-order valence-corrected chi connectivity index (χ1v) is 8.87. The lowest BCUT2D eigenvalue weighted by molar-refractivity contribution is -0.120. The van der Waals surface area contributed by atoms with Crippen LogP contribution < -0.4 is 5.32 Å². The van der Waals surface area contributed by atoms with Gasteiger partial charge in [0, 0.05) is 19.2 Å². The molecular weight excluding hydrogens is 274 g/mol. The Morgan fingerprint density at radius 3 is 2.30 bits per heavy atom. The van der Waals surface area contributed by atoms with E-state index in [1.54, 1.807) is 0 Å². The van der Waals surface area contributed by atoms with Crippen molar-refractivity contribution in [1.82, 2.24) is 5.32 Å². The highest BCUT2D eigenvalue weighted by Crippen LogP contribution is 2.14. The van der Waals surface area contributed by atoms with E-state index in [4.69, 9.17) is 0 Å². The Hall–Kier alpha value is -1.36. The number of amides is 1. The van der Waals surface area contributed by atoms with Crippen LogP contribution in [0.25, 0.3) is 0 Å². The summed E-state index contributed by atoms with van der Waals surface area (Å²) in [5.74, 6) is 0.205. The van der Waals surface area contributed by atoms with Crippen LogP contribution in [0.2, 0.25) is 0 Å². The lowest BCUT2D eigenvalue weighted by atomic mass is 10.0. The molecule has 0 aromatic heterocycles.